The fourth-order valence-electron chi connectivity index (χ4n) is 4.55. The van der Waals surface area contributed by atoms with E-state index in [0.29, 0.717) is 46.9 Å². The molecule has 1 fully saturated rings. The van der Waals surface area contributed by atoms with Crippen LogP contribution in [0.1, 0.15) is 48.5 Å². The number of carbonyl (C=O) groups excluding carboxylic acids is 3. The first kappa shape index (κ1) is 24.8. The third-order valence-electron chi connectivity index (χ3n) is 6.49. The average molecular weight is 490 g/mol. The Labute approximate surface area is 208 Å². The van der Waals surface area contributed by atoms with Gasteiger partial charge in [-0.05, 0) is 42.3 Å². The number of Topliss-reactive ketones (excluding diaryl/α,β-unsaturated/α-hetero) is 1. The Balaban J connectivity index is 1.77. The number of hydrogen-bond donors (Lipinski definition) is 1. The second-order valence-corrected chi connectivity index (χ2v) is 8.54. The number of rotatable bonds is 7. The summed E-state index contributed by atoms with van der Waals surface area (Å²) < 4.78 is 9.75. The fraction of sp³-hybridized carbons (Fsp3) is 0.296. The van der Waals surface area contributed by atoms with Crippen molar-refractivity contribution in [2.24, 2.45) is 5.92 Å². The minimum atomic E-state index is -0.751. The molecule has 0 saturated carbocycles. The number of nitrogens with zero attached hydrogens (tertiary/aromatic N) is 3. The van der Waals surface area contributed by atoms with Crippen LogP contribution >= 0.6 is 0 Å². The van der Waals surface area contributed by atoms with Crippen molar-refractivity contribution in [1.29, 1.82) is 0 Å². The normalized spacial score (nSPS) is 17.1. The van der Waals surface area contributed by atoms with E-state index in [2.05, 4.69) is 10.1 Å². The third kappa shape index (κ3) is 4.39. The zero-order valence-corrected chi connectivity index (χ0v) is 20.5. The lowest BCUT2D eigenvalue weighted by atomic mass is 9.87. The largest absolute Gasteiger partial charge is 0.507 e. The van der Waals surface area contributed by atoms with Gasteiger partial charge in [0.15, 0.2) is 0 Å². The zero-order valence-electron chi connectivity index (χ0n) is 20.5. The molecule has 36 heavy (non-hydrogen) atoms. The van der Waals surface area contributed by atoms with Crippen LogP contribution in [0.3, 0.4) is 0 Å². The van der Waals surface area contributed by atoms with Gasteiger partial charge < -0.3 is 14.4 Å². The van der Waals surface area contributed by atoms with E-state index >= 15 is 0 Å². The van der Waals surface area contributed by atoms with E-state index in [1.54, 1.807) is 31.2 Å². The number of aromatic nitrogens is 2. The quantitative estimate of drug-likeness (QED) is 0.222. The molecule has 0 radical (unpaired) electrons. The second kappa shape index (κ2) is 10.2. The average Bonchev–Trinajstić information content (AvgIpc) is 3.45. The van der Waals surface area contributed by atoms with Crippen LogP contribution in [-0.2, 0) is 14.3 Å². The van der Waals surface area contributed by atoms with Gasteiger partial charge in [0.05, 0.1) is 24.3 Å². The lowest BCUT2D eigenvalue weighted by Crippen LogP contribution is -2.39. The first-order chi connectivity index (χ1) is 17.3. The van der Waals surface area contributed by atoms with E-state index in [4.69, 9.17) is 9.26 Å². The van der Waals surface area contributed by atoms with Gasteiger partial charge in [0.2, 0.25) is 11.7 Å². The van der Waals surface area contributed by atoms with E-state index < -0.39 is 23.7 Å². The number of aliphatic hydroxyl groups excluding tert-OH is 1. The van der Waals surface area contributed by atoms with Crippen molar-refractivity contribution < 1.29 is 28.8 Å². The van der Waals surface area contributed by atoms with Gasteiger partial charge in [0.1, 0.15) is 5.76 Å². The SMILES string of the molecule is CCC(CC)C1C(=C(O)c2ccc(C(=O)OC)cc2)C(=O)C(=O)N1c1ccc(-c2noc(C)n2)cc1. The number of aliphatic hydroxyl groups is 1. The summed E-state index contributed by atoms with van der Waals surface area (Å²) >= 11 is 0. The second-order valence-electron chi connectivity index (χ2n) is 8.54. The molecule has 2 heterocycles. The van der Waals surface area contributed by atoms with Crippen LogP contribution in [0.25, 0.3) is 17.1 Å². The van der Waals surface area contributed by atoms with Crippen LogP contribution in [0.5, 0.6) is 0 Å². The summed E-state index contributed by atoms with van der Waals surface area (Å²) in [4.78, 5) is 44.0. The van der Waals surface area contributed by atoms with Crippen LogP contribution in [0.4, 0.5) is 5.69 Å². The van der Waals surface area contributed by atoms with Crippen LogP contribution in [0, 0.1) is 12.8 Å². The number of amides is 1. The first-order valence-corrected chi connectivity index (χ1v) is 11.7. The molecule has 1 amide bonds. The van der Waals surface area contributed by atoms with Crippen LogP contribution in [0.15, 0.2) is 58.6 Å². The number of ether oxygens (including phenoxy) is 1. The number of esters is 1. The molecule has 4 rings (SSSR count). The number of methoxy groups -OCH3 is 1. The van der Waals surface area contributed by atoms with Crippen LogP contribution in [-0.4, -0.2) is 46.1 Å². The molecule has 1 N–H and O–H groups in total. The van der Waals surface area contributed by atoms with Gasteiger partial charge >= 0.3 is 5.97 Å². The number of benzene rings is 2. The molecule has 1 aliphatic heterocycles. The maximum atomic E-state index is 13.3. The van der Waals surface area contributed by atoms with Gasteiger partial charge in [0, 0.05) is 23.7 Å². The van der Waals surface area contributed by atoms with Crippen molar-refractivity contribution in [3.05, 3.63) is 71.1 Å². The molecule has 3 aromatic rings. The highest BCUT2D eigenvalue weighted by Gasteiger charge is 2.48. The Bertz CT molecular complexity index is 1320. The molecule has 1 saturated heterocycles. The molecule has 0 aliphatic carbocycles. The first-order valence-electron chi connectivity index (χ1n) is 11.7. The number of ketones is 1. The van der Waals surface area contributed by atoms with Gasteiger partial charge in [-0.15, -0.1) is 0 Å². The highest BCUT2D eigenvalue weighted by molar-refractivity contribution is 6.51. The Morgan fingerprint density at radius 1 is 1.06 bits per heavy atom. The minimum absolute atomic E-state index is 0.0531. The topological polar surface area (TPSA) is 123 Å². The summed E-state index contributed by atoms with van der Waals surface area (Å²) in [6.45, 7) is 5.67. The van der Waals surface area contributed by atoms with Gasteiger partial charge in [-0.1, -0.05) is 44.0 Å². The predicted octanol–water partition coefficient (Wildman–Crippen LogP) is 4.52. The van der Waals surface area contributed by atoms with Crippen molar-refractivity contribution >= 4 is 29.1 Å². The molecule has 1 unspecified atom stereocenters. The van der Waals surface area contributed by atoms with Gasteiger partial charge in [0.25, 0.3) is 11.7 Å². The molecule has 2 aromatic carbocycles. The standard InChI is InChI=1S/C27H27N3O6/c1-5-16(6-2)22-21(23(31)17-7-9-19(10-8-17)27(34)35-4)24(32)26(33)30(22)20-13-11-18(12-14-20)25-28-15(3)36-29-25/h7-14,16,22,31H,5-6H2,1-4H3. The van der Waals surface area contributed by atoms with Crippen molar-refractivity contribution in [1.82, 2.24) is 10.1 Å². The third-order valence-corrected chi connectivity index (χ3v) is 6.49. The Kier molecular flexibility index (Phi) is 7.00. The van der Waals surface area contributed by atoms with E-state index in [-0.39, 0.29) is 17.3 Å². The summed E-state index contributed by atoms with van der Waals surface area (Å²) in [6.07, 6.45) is 1.38. The van der Waals surface area contributed by atoms with Crippen molar-refractivity contribution in [2.75, 3.05) is 12.0 Å². The summed E-state index contributed by atoms with van der Waals surface area (Å²) in [5.41, 5.74) is 1.93. The molecular weight excluding hydrogens is 462 g/mol. The van der Waals surface area contributed by atoms with Gasteiger partial charge in [-0.25, -0.2) is 4.79 Å². The smallest absolute Gasteiger partial charge is 0.337 e. The molecular formula is C27H27N3O6. The summed E-state index contributed by atoms with van der Waals surface area (Å²) in [7, 11) is 1.28. The monoisotopic (exact) mass is 489 g/mol. The maximum Gasteiger partial charge on any atom is 0.337 e. The molecule has 1 aromatic heterocycles. The Hall–Kier alpha value is -4.27. The van der Waals surface area contributed by atoms with E-state index in [0.717, 1.165) is 0 Å². The zero-order chi connectivity index (χ0) is 26.0. The Morgan fingerprint density at radius 2 is 1.67 bits per heavy atom. The molecule has 186 valence electrons. The van der Waals surface area contributed by atoms with Gasteiger partial charge in [-0.3, -0.25) is 14.5 Å². The summed E-state index contributed by atoms with van der Waals surface area (Å²) in [5.74, 6) is -1.46. The summed E-state index contributed by atoms with van der Waals surface area (Å²) in [6, 6.07) is 12.4. The molecule has 1 atom stereocenters. The van der Waals surface area contributed by atoms with Crippen LogP contribution in [0.2, 0.25) is 0 Å². The van der Waals surface area contributed by atoms with Crippen LogP contribution < -0.4 is 4.90 Å². The lowest BCUT2D eigenvalue weighted by Gasteiger charge is -2.31. The number of hydrogen-bond acceptors (Lipinski definition) is 8. The molecule has 1 aliphatic rings. The van der Waals surface area contributed by atoms with E-state index in [1.165, 1.54) is 36.3 Å². The Morgan fingerprint density at radius 3 is 2.19 bits per heavy atom. The lowest BCUT2D eigenvalue weighted by molar-refractivity contribution is -0.132. The van der Waals surface area contributed by atoms with E-state index in [9.17, 15) is 19.5 Å². The molecule has 9 nitrogen and oxygen atoms in total. The number of aryl methyl sites for hydroxylation is 1. The van der Waals surface area contributed by atoms with Gasteiger partial charge in [-0.2, -0.15) is 4.98 Å². The predicted molar refractivity (Wildman–Crippen MR) is 132 cm³/mol. The number of carbonyl (C=O) groups is 3. The molecule has 0 spiro atoms. The maximum absolute atomic E-state index is 13.3. The number of anilines is 1. The molecule has 0 bridgehead atoms. The molecule has 9 heteroatoms. The minimum Gasteiger partial charge on any atom is -0.507 e. The van der Waals surface area contributed by atoms with Crippen molar-refractivity contribution in [3.8, 4) is 11.4 Å². The highest BCUT2D eigenvalue weighted by atomic mass is 16.5. The van der Waals surface area contributed by atoms with Crippen molar-refractivity contribution in [2.45, 2.75) is 39.7 Å². The van der Waals surface area contributed by atoms with E-state index in [1.807, 2.05) is 13.8 Å². The van der Waals surface area contributed by atoms with Crippen molar-refractivity contribution in [3.63, 3.8) is 0 Å². The summed E-state index contributed by atoms with van der Waals surface area (Å²) in [5, 5.41) is 15.1. The highest BCUT2D eigenvalue weighted by Crippen LogP contribution is 2.39. The fourth-order valence-corrected chi connectivity index (χ4v) is 4.55.